The van der Waals surface area contributed by atoms with Crippen molar-refractivity contribution in [3.8, 4) is 0 Å². The second kappa shape index (κ2) is 13.6. The molecule has 0 fully saturated rings. The van der Waals surface area contributed by atoms with Crippen molar-refractivity contribution >= 4 is 79.3 Å². The van der Waals surface area contributed by atoms with E-state index in [1.807, 2.05) is 6.92 Å². The van der Waals surface area contributed by atoms with Crippen LogP contribution in [0.1, 0.15) is 47.7 Å². The van der Waals surface area contributed by atoms with Gasteiger partial charge in [-0.25, -0.2) is 0 Å². The minimum Gasteiger partial charge on any atom is -0.341 e. The van der Waals surface area contributed by atoms with Gasteiger partial charge in [0.2, 0.25) is 0 Å². The number of Topliss-reactive ketones (excluding diaryl/α,β-unsaturated/α-hetero) is 1. The first kappa shape index (κ1) is 31.8. The maximum Gasteiger partial charge on any atom is 0.399 e. The van der Waals surface area contributed by atoms with Gasteiger partial charge in [-0.05, 0) is 57.7 Å². The molecule has 4 unspecified atom stereocenters. The van der Waals surface area contributed by atoms with Gasteiger partial charge in [0.1, 0.15) is 0 Å². The number of amides is 1. The molecule has 0 saturated carbocycles. The van der Waals surface area contributed by atoms with E-state index in [-0.39, 0.29) is 43.6 Å². The zero-order valence-electron chi connectivity index (χ0n) is 20.0. The maximum atomic E-state index is 13.8. The van der Waals surface area contributed by atoms with E-state index >= 15 is 0 Å². The average Bonchev–Trinajstić information content (AvgIpc) is 2.79. The lowest BCUT2D eigenvalue weighted by Gasteiger charge is -2.20. The molecule has 4 atom stereocenters. The Hall–Kier alpha value is -1.39. The van der Waals surface area contributed by atoms with E-state index in [2.05, 4.69) is 21.2 Å². The number of ketones is 1. The minimum atomic E-state index is -4.63. The van der Waals surface area contributed by atoms with Crippen LogP contribution in [0.3, 0.4) is 0 Å². The molecule has 1 N–H and O–H groups in total. The summed E-state index contributed by atoms with van der Waals surface area (Å²) in [5, 5.41) is 2.41. The van der Waals surface area contributed by atoms with Crippen molar-refractivity contribution in [1.29, 1.82) is 0 Å². The van der Waals surface area contributed by atoms with Crippen molar-refractivity contribution in [2.45, 2.75) is 38.4 Å². The molecule has 202 valence electrons. The van der Waals surface area contributed by atoms with E-state index in [4.69, 9.17) is 34.8 Å². The van der Waals surface area contributed by atoms with E-state index in [9.17, 15) is 27.0 Å². The second-order valence-electron chi connectivity index (χ2n) is 8.39. The predicted octanol–water partition coefficient (Wildman–Crippen LogP) is 7.86. The van der Waals surface area contributed by atoms with E-state index in [0.29, 0.717) is 16.5 Å². The summed E-state index contributed by atoms with van der Waals surface area (Å²) in [6.07, 6.45) is -0.407. The molecule has 0 aliphatic heterocycles. The van der Waals surface area contributed by atoms with Gasteiger partial charge in [-0.2, -0.15) is 13.2 Å². The zero-order chi connectivity index (χ0) is 28.1. The molecule has 0 bridgehead atoms. The highest BCUT2D eigenvalue weighted by atomic mass is 79.9. The topological polar surface area (TPSA) is 63.2 Å². The van der Waals surface area contributed by atoms with Gasteiger partial charge in [0.05, 0.1) is 38.3 Å². The van der Waals surface area contributed by atoms with Crippen molar-refractivity contribution in [2.24, 2.45) is 5.92 Å². The van der Waals surface area contributed by atoms with Gasteiger partial charge in [0, 0.05) is 27.4 Å². The van der Waals surface area contributed by atoms with Crippen molar-refractivity contribution in [2.75, 3.05) is 12.0 Å². The Bertz CT molecular complexity index is 1200. The molecule has 0 saturated heterocycles. The number of allylic oxidation sites excluding steroid dienone is 1. The lowest BCUT2D eigenvalue weighted by molar-refractivity contribution is -0.139. The van der Waals surface area contributed by atoms with E-state index in [0.717, 1.165) is 18.2 Å². The van der Waals surface area contributed by atoms with Crippen LogP contribution in [0.2, 0.25) is 15.1 Å². The number of rotatable bonds is 10. The molecular weight excluding hydrogens is 638 g/mol. The maximum absolute atomic E-state index is 13.8. The average molecular weight is 662 g/mol. The lowest BCUT2D eigenvalue weighted by atomic mass is 9.96. The van der Waals surface area contributed by atoms with Crippen LogP contribution in [0.4, 0.5) is 13.2 Å². The first-order valence-electron chi connectivity index (χ1n) is 11.0. The molecule has 1 amide bonds. The number of carbonyl (C=O) groups is 2. The van der Waals surface area contributed by atoms with Crippen LogP contribution in [0.25, 0.3) is 6.08 Å². The molecule has 0 spiro atoms. The molecule has 4 nitrogen and oxygen atoms in total. The summed E-state index contributed by atoms with van der Waals surface area (Å²) < 4.78 is 53.4. The Labute approximate surface area is 239 Å². The Kier molecular flexibility index (Phi) is 11.7. The number of alkyl halides is 3. The van der Waals surface area contributed by atoms with Crippen molar-refractivity contribution in [3.05, 3.63) is 72.6 Å². The molecular formula is C25H24BrCl3F3NO3S. The molecule has 2 aromatic carbocycles. The monoisotopic (exact) mass is 659 g/mol. The number of hydrogen-bond acceptors (Lipinski definition) is 3. The molecule has 0 radical (unpaired) electrons. The predicted molar refractivity (Wildman–Crippen MR) is 148 cm³/mol. The van der Waals surface area contributed by atoms with Gasteiger partial charge in [0.25, 0.3) is 5.91 Å². The molecule has 0 aliphatic rings. The summed E-state index contributed by atoms with van der Waals surface area (Å²) in [6, 6.07) is 5.67. The van der Waals surface area contributed by atoms with Crippen LogP contribution >= 0.6 is 50.7 Å². The SMILES string of the molecule is CCC(C)C(=O)C(CS(C)=O)NC(=O)c1ccc(C=CC(c2cc(Cl)c(Cl)c(Cl)c2)C(F)(F)F)cc1Br. The smallest absolute Gasteiger partial charge is 0.341 e. The summed E-state index contributed by atoms with van der Waals surface area (Å²) in [5.41, 5.74) is 0.374. The number of carbonyl (C=O) groups excluding carboxylic acids is 2. The summed E-state index contributed by atoms with van der Waals surface area (Å²) in [6.45, 7) is 3.57. The quantitative estimate of drug-likeness (QED) is 0.264. The molecule has 37 heavy (non-hydrogen) atoms. The number of hydrogen-bond donors (Lipinski definition) is 1. The standard InChI is InChI=1S/C25H24BrCl3F3NO3S/c1-4-13(2)23(34)21(12-37(3)36)33-24(35)16-7-5-14(9-18(16)26)6-8-17(25(30,31)32)15-10-19(27)22(29)20(28)11-15/h5-11,13,17,21H,4,12H2,1-3H3,(H,33,35). The van der Waals surface area contributed by atoms with E-state index < -0.39 is 34.8 Å². The Morgan fingerprint density at radius 1 is 1.14 bits per heavy atom. The number of benzene rings is 2. The summed E-state index contributed by atoms with van der Waals surface area (Å²) in [7, 11) is -1.32. The first-order chi connectivity index (χ1) is 17.1. The molecule has 0 aromatic heterocycles. The van der Waals surface area contributed by atoms with Crippen molar-refractivity contribution in [1.82, 2.24) is 5.32 Å². The Balaban J connectivity index is 2.31. The van der Waals surface area contributed by atoms with Gasteiger partial charge < -0.3 is 5.32 Å². The summed E-state index contributed by atoms with van der Waals surface area (Å²) in [4.78, 5) is 25.5. The molecule has 2 rings (SSSR count). The van der Waals surface area contributed by atoms with Crippen molar-refractivity contribution in [3.63, 3.8) is 0 Å². The highest BCUT2D eigenvalue weighted by Crippen LogP contribution is 2.41. The fraction of sp³-hybridized carbons (Fsp3) is 0.360. The van der Waals surface area contributed by atoms with E-state index in [1.165, 1.54) is 30.5 Å². The highest BCUT2D eigenvalue weighted by Gasteiger charge is 2.39. The molecule has 2 aromatic rings. The normalized spacial score (nSPS) is 15.3. The highest BCUT2D eigenvalue weighted by molar-refractivity contribution is 9.10. The van der Waals surface area contributed by atoms with Crippen LogP contribution in [0.15, 0.2) is 40.9 Å². The van der Waals surface area contributed by atoms with Gasteiger partial charge in [0.15, 0.2) is 5.78 Å². The van der Waals surface area contributed by atoms with Crippen LogP contribution in [0, 0.1) is 5.92 Å². The first-order valence-corrected chi connectivity index (χ1v) is 14.6. The third-order valence-corrected chi connectivity index (χ3v) is 8.24. The van der Waals surface area contributed by atoms with E-state index in [1.54, 1.807) is 6.92 Å². The minimum absolute atomic E-state index is 0.0229. The van der Waals surface area contributed by atoms with Crippen LogP contribution < -0.4 is 5.32 Å². The molecule has 0 heterocycles. The number of nitrogens with one attached hydrogen (secondary N) is 1. The van der Waals surface area contributed by atoms with Crippen LogP contribution in [-0.4, -0.2) is 40.1 Å². The molecule has 12 heteroatoms. The summed E-state index contributed by atoms with van der Waals surface area (Å²) >= 11 is 21.0. The Morgan fingerprint density at radius 3 is 2.22 bits per heavy atom. The van der Waals surface area contributed by atoms with Gasteiger partial charge >= 0.3 is 6.18 Å². The van der Waals surface area contributed by atoms with Crippen molar-refractivity contribution < 1.29 is 27.0 Å². The number of halogens is 7. The third kappa shape index (κ3) is 8.82. The van der Waals surface area contributed by atoms with Gasteiger partial charge in [-0.1, -0.05) is 66.9 Å². The largest absolute Gasteiger partial charge is 0.399 e. The van der Waals surface area contributed by atoms with Crippen LogP contribution in [0.5, 0.6) is 0 Å². The zero-order valence-corrected chi connectivity index (χ0v) is 24.6. The fourth-order valence-electron chi connectivity index (χ4n) is 3.40. The van der Waals surface area contributed by atoms with Gasteiger partial charge in [-0.3, -0.25) is 13.8 Å². The molecule has 0 aliphatic carbocycles. The van der Waals surface area contributed by atoms with Gasteiger partial charge in [-0.15, -0.1) is 0 Å². The fourth-order valence-corrected chi connectivity index (χ4v) is 5.31. The summed E-state index contributed by atoms with van der Waals surface area (Å²) in [5.74, 6) is -3.15. The lowest BCUT2D eigenvalue weighted by Crippen LogP contribution is -2.46. The second-order valence-corrected chi connectivity index (χ2v) is 11.9. The third-order valence-electron chi connectivity index (χ3n) is 5.59. The Morgan fingerprint density at radius 2 is 1.73 bits per heavy atom. The van der Waals surface area contributed by atoms with Crippen LogP contribution in [-0.2, 0) is 15.6 Å².